The van der Waals surface area contributed by atoms with Gasteiger partial charge in [-0.1, -0.05) is 52.2 Å². The number of carbonyl (C=O) groups excluding carboxylic acids is 1. The van der Waals surface area contributed by atoms with Gasteiger partial charge in [0.1, 0.15) is 0 Å². The van der Waals surface area contributed by atoms with Gasteiger partial charge in [0, 0.05) is 5.56 Å². The number of rotatable bonds is 5. The Hall–Kier alpha value is -2.20. The molecular weight excluding hydrogens is 431 g/mol. The fourth-order valence-electron chi connectivity index (χ4n) is 2.00. The lowest BCUT2D eigenvalue weighted by atomic mass is 10.1. The number of anilines is 2. The van der Waals surface area contributed by atoms with Gasteiger partial charge < -0.3 is 0 Å². The van der Waals surface area contributed by atoms with Gasteiger partial charge in [-0.2, -0.15) is 8.42 Å². The average molecular weight is 443 g/mol. The van der Waals surface area contributed by atoms with Crippen molar-refractivity contribution in [2.45, 2.75) is 11.3 Å². The zero-order chi connectivity index (χ0) is 19.6. The highest BCUT2D eigenvalue weighted by Gasteiger charge is 2.21. The summed E-state index contributed by atoms with van der Waals surface area (Å²) in [5, 5.41) is 10.4. The van der Waals surface area contributed by atoms with Crippen molar-refractivity contribution in [3.63, 3.8) is 0 Å². The van der Waals surface area contributed by atoms with E-state index in [2.05, 4.69) is 20.2 Å². The van der Waals surface area contributed by atoms with Crippen LogP contribution in [-0.4, -0.2) is 24.5 Å². The molecule has 0 aliphatic heterocycles. The molecule has 0 fully saturated rings. The van der Waals surface area contributed by atoms with Gasteiger partial charge in [0.25, 0.3) is 20.3 Å². The molecule has 2 N–H and O–H groups in total. The van der Waals surface area contributed by atoms with Crippen molar-refractivity contribution in [2.75, 3.05) is 10.0 Å². The second kappa shape index (κ2) is 7.81. The molecule has 1 heterocycles. The zero-order valence-electron chi connectivity index (χ0n) is 13.7. The lowest BCUT2D eigenvalue weighted by molar-refractivity contribution is 0.102. The highest BCUT2D eigenvalue weighted by molar-refractivity contribution is 7.94. The first-order chi connectivity index (χ1) is 12.7. The molecule has 0 atom stereocenters. The van der Waals surface area contributed by atoms with E-state index in [4.69, 9.17) is 23.2 Å². The van der Waals surface area contributed by atoms with Crippen LogP contribution in [0.4, 0.5) is 10.8 Å². The standard InChI is InChI=1S/C16H12Cl2N4O3S2/c1-9-2-4-10(5-3-9)14(23)19-15-20-21-16(26-15)27(24,25)22-11-6-7-12(17)13(18)8-11/h2-8,22H,1H3,(H,19,20,23). The van der Waals surface area contributed by atoms with Crippen LogP contribution in [0, 0.1) is 6.92 Å². The molecule has 2 aromatic carbocycles. The van der Waals surface area contributed by atoms with Crippen molar-refractivity contribution in [2.24, 2.45) is 0 Å². The van der Waals surface area contributed by atoms with Gasteiger partial charge in [-0.25, -0.2) is 0 Å². The molecule has 0 saturated heterocycles. The molecule has 0 bridgehead atoms. The molecule has 0 saturated carbocycles. The van der Waals surface area contributed by atoms with Gasteiger partial charge >= 0.3 is 0 Å². The molecule has 27 heavy (non-hydrogen) atoms. The average Bonchev–Trinajstić information content (AvgIpc) is 3.08. The smallest absolute Gasteiger partial charge is 0.291 e. The van der Waals surface area contributed by atoms with E-state index in [-0.39, 0.29) is 20.2 Å². The monoisotopic (exact) mass is 442 g/mol. The van der Waals surface area contributed by atoms with Crippen molar-refractivity contribution < 1.29 is 13.2 Å². The highest BCUT2D eigenvalue weighted by atomic mass is 35.5. The maximum absolute atomic E-state index is 12.4. The number of amides is 1. The number of aryl methyl sites for hydroxylation is 1. The lowest BCUT2D eigenvalue weighted by Crippen LogP contribution is -2.12. The van der Waals surface area contributed by atoms with Crippen molar-refractivity contribution in [1.82, 2.24) is 10.2 Å². The predicted molar refractivity (Wildman–Crippen MR) is 106 cm³/mol. The fourth-order valence-corrected chi connectivity index (χ4v) is 4.25. The summed E-state index contributed by atoms with van der Waals surface area (Å²) in [6.07, 6.45) is 0. The number of hydrogen-bond acceptors (Lipinski definition) is 6. The number of hydrogen-bond donors (Lipinski definition) is 2. The van der Waals surface area contributed by atoms with Crippen LogP contribution < -0.4 is 10.0 Å². The van der Waals surface area contributed by atoms with Crippen molar-refractivity contribution >= 4 is 61.3 Å². The van der Waals surface area contributed by atoms with E-state index in [9.17, 15) is 13.2 Å². The second-order valence-corrected chi connectivity index (χ2v) is 9.08. The third-order valence-corrected chi connectivity index (χ3v) is 6.67. The van der Waals surface area contributed by atoms with E-state index >= 15 is 0 Å². The van der Waals surface area contributed by atoms with E-state index in [0.29, 0.717) is 10.6 Å². The van der Waals surface area contributed by atoms with Crippen LogP contribution in [0.2, 0.25) is 10.0 Å². The zero-order valence-corrected chi connectivity index (χ0v) is 16.9. The third kappa shape index (κ3) is 4.75. The van der Waals surface area contributed by atoms with Gasteiger partial charge in [-0.05, 0) is 37.3 Å². The third-order valence-electron chi connectivity index (χ3n) is 3.34. The van der Waals surface area contributed by atoms with Crippen LogP contribution in [0.1, 0.15) is 15.9 Å². The minimum absolute atomic E-state index is 0.0649. The molecule has 7 nitrogen and oxygen atoms in total. The quantitative estimate of drug-likeness (QED) is 0.576. The van der Waals surface area contributed by atoms with Crippen LogP contribution >= 0.6 is 34.5 Å². The normalized spacial score (nSPS) is 11.2. The van der Waals surface area contributed by atoms with Gasteiger partial charge in [0.2, 0.25) is 5.13 Å². The molecular formula is C16H12Cl2N4O3S2. The molecule has 140 valence electrons. The van der Waals surface area contributed by atoms with Crippen molar-refractivity contribution in [3.05, 3.63) is 63.6 Å². The summed E-state index contributed by atoms with van der Waals surface area (Å²) in [6, 6.07) is 11.2. The Labute approximate surface area is 169 Å². The minimum Gasteiger partial charge on any atom is -0.296 e. The van der Waals surface area contributed by atoms with E-state index in [0.717, 1.165) is 16.9 Å². The van der Waals surface area contributed by atoms with E-state index in [1.165, 1.54) is 18.2 Å². The molecule has 0 aliphatic rings. The number of aromatic nitrogens is 2. The van der Waals surface area contributed by atoms with Gasteiger partial charge in [-0.15, -0.1) is 10.2 Å². The maximum atomic E-state index is 12.4. The lowest BCUT2D eigenvalue weighted by Gasteiger charge is -2.06. The summed E-state index contributed by atoms with van der Waals surface area (Å²) in [5.41, 5.74) is 1.67. The summed E-state index contributed by atoms with van der Waals surface area (Å²) in [6.45, 7) is 1.91. The summed E-state index contributed by atoms with van der Waals surface area (Å²) in [5.74, 6) is -0.410. The Morgan fingerprint density at radius 3 is 2.41 bits per heavy atom. The summed E-state index contributed by atoms with van der Waals surface area (Å²) >= 11 is 12.4. The van der Waals surface area contributed by atoms with Crippen LogP contribution in [0.15, 0.2) is 46.8 Å². The molecule has 0 radical (unpaired) electrons. The first kappa shape index (κ1) is 19.6. The Morgan fingerprint density at radius 1 is 1.04 bits per heavy atom. The van der Waals surface area contributed by atoms with Gasteiger partial charge in [-0.3, -0.25) is 14.8 Å². The predicted octanol–water partition coefficient (Wildman–Crippen LogP) is 4.21. The molecule has 0 unspecified atom stereocenters. The van der Waals surface area contributed by atoms with Crippen LogP contribution in [0.25, 0.3) is 0 Å². The minimum atomic E-state index is -3.99. The Morgan fingerprint density at radius 2 is 1.74 bits per heavy atom. The van der Waals surface area contributed by atoms with Crippen LogP contribution in [-0.2, 0) is 10.0 Å². The summed E-state index contributed by atoms with van der Waals surface area (Å²) < 4.78 is 26.9. The number of carbonyl (C=O) groups is 1. The number of halogens is 2. The fraction of sp³-hybridized carbons (Fsp3) is 0.0625. The van der Waals surface area contributed by atoms with E-state index < -0.39 is 15.9 Å². The number of nitrogens with zero attached hydrogens (tertiary/aromatic N) is 2. The van der Waals surface area contributed by atoms with E-state index in [1.807, 2.05) is 6.92 Å². The van der Waals surface area contributed by atoms with Crippen molar-refractivity contribution in [1.29, 1.82) is 0 Å². The molecule has 3 rings (SSSR count). The second-order valence-electron chi connectivity index (χ2n) is 5.43. The number of nitrogens with one attached hydrogen (secondary N) is 2. The largest absolute Gasteiger partial charge is 0.296 e. The first-order valence-electron chi connectivity index (χ1n) is 7.44. The van der Waals surface area contributed by atoms with Crippen LogP contribution in [0.3, 0.4) is 0 Å². The molecule has 1 amide bonds. The molecule has 3 aromatic rings. The van der Waals surface area contributed by atoms with Crippen molar-refractivity contribution in [3.8, 4) is 0 Å². The van der Waals surface area contributed by atoms with Gasteiger partial charge in [0.05, 0.1) is 15.7 Å². The molecule has 0 spiro atoms. The summed E-state index contributed by atoms with van der Waals surface area (Å²) in [7, 11) is -3.99. The first-order valence-corrected chi connectivity index (χ1v) is 10.5. The molecule has 0 aliphatic carbocycles. The summed E-state index contributed by atoms with van der Waals surface area (Å²) in [4.78, 5) is 12.2. The van der Waals surface area contributed by atoms with E-state index in [1.54, 1.807) is 24.3 Å². The molecule has 11 heteroatoms. The Kier molecular flexibility index (Phi) is 5.66. The highest BCUT2D eigenvalue weighted by Crippen LogP contribution is 2.28. The number of sulfonamides is 1. The Bertz CT molecular complexity index is 1100. The Balaban J connectivity index is 1.74. The number of benzene rings is 2. The SMILES string of the molecule is Cc1ccc(C(=O)Nc2nnc(S(=O)(=O)Nc3ccc(Cl)c(Cl)c3)s2)cc1. The topological polar surface area (TPSA) is 101 Å². The van der Waals surface area contributed by atoms with Gasteiger partial charge in [0.15, 0.2) is 0 Å². The van der Waals surface area contributed by atoms with Crippen LogP contribution in [0.5, 0.6) is 0 Å². The molecule has 1 aromatic heterocycles. The maximum Gasteiger partial charge on any atom is 0.291 e.